The number of carbonyl (C=O) groups excluding carboxylic acids is 1. The van der Waals surface area contributed by atoms with E-state index in [0.29, 0.717) is 18.1 Å². The average molecular weight is 490 g/mol. The third kappa shape index (κ3) is 8.46. The van der Waals surface area contributed by atoms with Crippen molar-refractivity contribution in [2.45, 2.75) is 51.8 Å². The number of halogens is 5. The Balaban J connectivity index is 3.20. The number of rotatable bonds is 9. The molecule has 2 N–H and O–H groups in total. The normalized spacial score (nSPS) is 22.8. The van der Waals surface area contributed by atoms with Crippen LogP contribution in [-0.4, -0.2) is 55.4 Å². The van der Waals surface area contributed by atoms with E-state index >= 15 is 0 Å². The summed E-state index contributed by atoms with van der Waals surface area (Å²) in [6, 6.07) is -0.763. The second-order valence-electron chi connectivity index (χ2n) is 8.05. The van der Waals surface area contributed by atoms with Crippen molar-refractivity contribution < 1.29 is 31.5 Å². The minimum atomic E-state index is -4.57. The van der Waals surface area contributed by atoms with Crippen LogP contribution < -0.4 is 5.73 Å². The van der Waals surface area contributed by atoms with Gasteiger partial charge < -0.3 is 15.4 Å². The van der Waals surface area contributed by atoms with Crippen LogP contribution in [0.1, 0.15) is 33.6 Å². The van der Waals surface area contributed by atoms with Gasteiger partial charge in [0.15, 0.2) is 0 Å². The van der Waals surface area contributed by atoms with Gasteiger partial charge in [-0.25, -0.2) is 8.78 Å². The molecule has 1 heterocycles. The largest absolute Gasteiger partial charge is 0.496 e. The predicted octanol–water partition coefficient (Wildman–Crippen LogP) is 5.33. The molecule has 1 saturated heterocycles. The Morgan fingerprint density at radius 2 is 1.97 bits per heavy atom. The van der Waals surface area contributed by atoms with E-state index in [1.54, 1.807) is 26.0 Å². The summed E-state index contributed by atoms with van der Waals surface area (Å²) in [5.41, 5.74) is 5.28. The van der Waals surface area contributed by atoms with Crippen LogP contribution in [-0.2, 0) is 9.53 Å². The second kappa shape index (κ2) is 12.5. The van der Waals surface area contributed by atoms with Gasteiger partial charge in [-0.2, -0.15) is 13.2 Å². The molecule has 0 bridgehead atoms. The number of nitrogens with two attached hydrogens (primary N) is 1. The van der Waals surface area contributed by atoms with Crippen LogP contribution in [0.15, 0.2) is 64.6 Å². The number of carbonyl (C=O) groups is 1. The Hall–Kier alpha value is -2.91. The van der Waals surface area contributed by atoms with Crippen LogP contribution in [0.5, 0.6) is 0 Å². The summed E-state index contributed by atoms with van der Waals surface area (Å²) in [7, 11) is 1.50. The van der Waals surface area contributed by atoms with Crippen LogP contribution >= 0.6 is 0 Å². The topological polar surface area (TPSA) is 67.9 Å². The summed E-state index contributed by atoms with van der Waals surface area (Å²) in [4.78, 5) is 18.0. The Bertz CT molecular complexity index is 886. The first-order chi connectivity index (χ1) is 15.8. The maximum absolute atomic E-state index is 14.3. The van der Waals surface area contributed by atoms with E-state index in [1.807, 2.05) is 0 Å². The third-order valence-corrected chi connectivity index (χ3v) is 5.30. The quantitative estimate of drug-likeness (QED) is 0.119. The maximum atomic E-state index is 14.3. The minimum absolute atomic E-state index is 0.121. The molecular formula is C24H32F5N3O2. The van der Waals surface area contributed by atoms with Crippen molar-refractivity contribution in [2.24, 2.45) is 16.6 Å². The molecule has 2 atom stereocenters. The van der Waals surface area contributed by atoms with Gasteiger partial charge in [-0.1, -0.05) is 31.7 Å². The number of piperidine rings is 1. The molecule has 0 saturated carbocycles. The molecule has 0 spiro atoms. The highest BCUT2D eigenvalue weighted by atomic mass is 19.4. The van der Waals surface area contributed by atoms with Gasteiger partial charge in [0, 0.05) is 25.3 Å². The van der Waals surface area contributed by atoms with Crippen LogP contribution in [0.2, 0.25) is 0 Å². The number of likely N-dealkylation sites (tertiary alicyclic amines) is 1. The lowest BCUT2D eigenvalue weighted by Crippen LogP contribution is -2.57. The van der Waals surface area contributed by atoms with Crippen LogP contribution in [0, 0.1) is 5.92 Å². The van der Waals surface area contributed by atoms with Crippen molar-refractivity contribution in [3.05, 3.63) is 59.6 Å². The fraction of sp³-hybridized carbons (Fsp3) is 0.500. The number of amides is 1. The Kier molecular flexibility index (Phi) is 10.7. The molecule has 5 nitrogen and oxygen atoms in total. The summed E-state index contributed by atoms with van der Waals surface area (Å²) >= 11 is 0. The molecular weight excluding hydrogens is 457 g/mol. The molecule has 10 heteroatoms. The van der Waals surface area contributed by atoms with Gasteiger partial charge in [-0.15, -0.1) is 0 Å². The van der Waals surface area contributed by atoms with Gasteiger partial charge in [0.05, 0.1) is 23.9 Å². The lowest BCUT2D eigenvalue weighted by Gasteiger charge is -2.43. The standard InChI is InChI=1S/C24H32F5N3O2/c1-6-8-9-18(13-31-5)21(30)22(33)32-15-23(25,26)12-16(3)20(32)14-34-17(4)10-11-19(7-2)24(27,28)29/h6-8,10-11,13,16,20H,2,9,12,14-15,30H2,1,3-5H3/b8-6-,17-10+,19-11+,21-18?,31-13?. The van der Waals surface area contributed by atoms with Gasteiger partial charge in [0.2, 0.25) is 0 Å². The molecule has 34 heavy (non-hydrogen) atoms. The van der Waals surface area contributed by atoms with E-state index in [0.717, 1.165) is 17.1 Å². The molecule has 0 aromatic carbocycles. The number of alkyl halides is 5. The number of nitrogens with zero attached hydrogens (tertiary/aromatic N) is 2. The second-order valence-corrected chi connectivity index (χ2v) is 8.05. The van der Waals surface area contributed by atoms with E-state index in [4.69, 9.17) is 10.5 Å². The first-order valence-corrected chi connectivity index (χ1v) is 10.7. The zero-order valence-corrected chi connectivity index (χ0v) is 19.8. The van der Waals surface area contributed by atoms with Crippen molar-refractivity contribution >= 4 is 12.1 Å². The first-order valence-electron chi connectivity index (χ1n) is 10.7. The molecule has 1 aliphatic heterocycles. The summed E-state index contributed by atoms with van der Waals surface area (Å²) in [5, 5.41) is 0. The number of aliphatic imine (C=N–C) groups is 1. The summed E-state index contributed by atoms with van der Waals surface area (Å²) < 4.78 is 72.7. The molecule has 0 aliphatic carbocycles. The number of ether oxygens (including phenoxy) is 1. The fourth-order valence-corrected chi connectivity index (χ4v) is 3.50. The van der Waals surface area contributed by atoms with Crippen molar-refractivity contribution in [1.82, 2.24) is 4.90 Å². The van der Waals surface area contributed by atoms with Crippen molar-refractivity contribution in [2.75, 3.05) is 20.2 Å². The Morgan fingerprint density at radius 3 is 2.50 bits per heavy atom. The monoisotopic (exact) mass is 489 g/mol. The lowest BCUT2D eigenvalue weighted by molar-refractivity contribution is -0.152. The van der Waals surface area contributed by atoms with Crippen LogP contribution in [0.3, 0.4) is 0 Å². The third-order valence-electron chi connectivity index (χ3n) is 5.30. The van der Waals surface area contributed by atoms with Crippen molar-refractivity contribution in [3.63, 3.8) is 0 Å². The molecule has 0 radical (unpaired) electrons. The minimum Gasteiger partial charge on any atom is -0.496 e. The maximum Gasteiger partial charge on any atom is 0.416 e. The summed E-state index contributed by atoms with van der Waals surface area (Å²) in [6.45, 7) is 6.89. The van der Waals surface area contributed by atoms with Gasteiger partial charge in [0.25, 0.3) is 11.8 Å². The highest BCUT2D eigenvalue weighted by molar-refractivity contribution is 5.99. The van der Waals surface area contributed by atoms with Gasteiger partial charge >= 0.3 is 6.18 Å². The molecule has 2 unspecified atom stereocenters. The fourth-order valence-electron chi connectivity index (χ4n) is 3.50. The highest BCUT2D eigenvalue weighted by Crippen LogP contribution is 2.35. The van der Waals surface area contributed by atoms with E-state index in [9.17, 15) is 26.7 Å². The van der Waals surface area contributed by atoms with E-state index < -0.39 is 48.5 Å². The van der Waals surface area contributed by atoms with E-state index in [1.165, 1.54) is 20.2 Å². The van der Waals surface area contributed by atoms with Gasteiger partial charge in [-0.3, -0.25) is 9.79 Å². The molecule has 1 aliphatic rings. The molecule has 1 amide bonds. The predicted molar refractivity (Wildman–Crippen MR) is 123 cm³/mol. The summed E-state index contributed by atoms with van der Waals surface area (Å²) in [6.07, 6.45) is 2.78. The molecule has 190 valence electrons. The molecule has 1 rings (SSSR count). The van der Waals surface area contributed by atoms with Crippen molar-refractivity contribution in [1.29, 1.82) is 0 Å². The van der Waals surface area contributed by atoms with Crippen molar-refractivity contribution in [3.8, 4) is 0 Å². The van der Waals surface area contributed by atoms with E-state index in [-0.39, 0.29) is 18.1 Å². The average Bonchev–Trinajstić information content (AvgIpc) is 2.73. The van der Waals surface area contributed by atoms with Crippen LogP contribution in [0.4, 0.5) is 22.0 Å². The zero-order valence-electron chi connectivity index (χ0n) is 19.8. The smallest absolute Gasteiger partial charge is 0.416 e. The summed E-state index contributed by atoms with van der Waals surface area (Å²) in [5.74, 6) is -4.42. The zero-order chi connectivity index (χ0) is 26.1. The Labute approximate surface area is 197 Å². The Morgan fingerprint density at radius 1 is 1.32 bits per heavy atom. The molecule has 0 aromatic heterocycles. The van der Waals surface area contributed by atoms with E-state index in [2.05, 4.69) is 11.6 Å². The lowest BCUT2D eigenvalue weighted by atomic mass is 9.88. The molecule has 0 aromatic rings. The first kappa shape index (κ1) is 29.1. The van der Waals surface area contributed by atoms with Crippen LogP contribution in [0.25, 0.3) is 0 Å². The van der Waals surface area contributed by atoms with Gasteiger partial charge in [0.1, 0.15) is 12.3 Å². The highest BCUT2D eigenvalue weighted by Gasteiger charge is 2.46. The molecule has 1 fully saturated rings. The number of hydrogen-bond acceptors (Lipinski definition) is 4. The SMILES string of the molecule is C=C/C(=C\C=C(/C)OCC1C(C)CC(F)(F)CN1C(=O)C(N)=C(C=NC)C/C=C\C)C(F)(F)F. The number of hydrogen-bond donors (Lipinski definition) is 1. The number of allylic oxidation sites excluding steroid dienone is 8. The van der Waals surface area contributed by atoms with Gasteiger partial charge in [-0.05, 0) is 38.3 Å².